The van der Waals surface area contributed by atoms with Crippen molar-refractivity contribution in [3.05, 3.63) is 64.7 Å². The van der Waals surface area contributed by atoms with Crippen LogP contribution < -0.4 is 5.32 Å². The first-order valence-corrected chi connectivity index (χ1v) is 6.78. The molecule has 0 atom stereocenters. The molecule has 0 bridgehead atoms. The maximum Gasteiger partial charge on any atom is 0.416 e. The molecule has 2 rings (SSSR count). The molecule has 1 amide bonds. The SMILES string of the molecule is Cc1cc(C)cc(NC(=O)Cc2cccc(C(F)(F)F)c2)c1. The van der Waals surface area contributed by atoms with E-state index >= 15 is 0 Å². The number of halogens is 3. The van der Waals surface area contributed by atoms with E-state index in [4.69, 9.17) is 0 Å². The molecule has 0 aromatic heterocycles. The summed E-state index contributed by atoms with van der Waals surface area (Å²) < 4.78 is 37.9. The van der Waals surface area contributed by atoms with Gasteiger partial charge in [0.05, 0.1) is 12.0 Å². The molecule has 0 saturated heterocycles. The number of carbonyl (C=O) groups excluding carboxylic acids is 1. The van der Waals surface area contributed by atoms with E-state index in [0.717, 1.165) is 23.3 Å². The molecule has 2 nitrogen and oxygen atoms in total. The van der Waals surface area contributed by atoms with Crippen LogP contribution in [-0.4, -0.2) is 5.91 Å². The minimum atomic E-state index is -4.40. The first-order valence-electron chi connectivity index (χ1n) is 6.78. The van der Waals surface area contributed by atoms with Gasteiger partial charge in [0.25, 0.3) is 0 Å². The zero-order valence-electron chi connectivity index (χ0n) is 12.3. The Morgan fingerprint density at radius 1 is 1.05 bits per heavy atom. The third kappa shape index (κ3) is 4.35. The second kappa shape index (κ2) is 6.22. The lowest BCUT2D eigenvalue weighted by atomic mass is 10.1. The van der Waals surface area contributed by atoms with Crippen molar-refractivity contribution >= 4 is 11.6 Å². The van der Waals surface area contributed by atoms with E-state index in [1.807, 2.05) is 32.0 Å². The number of alkyl halides is 3. The number of benzene rings is 2. The quantitative estimate of drug-likeness (QED) is 0.888. The van der Waals surface area contributed by atoms with Gasteiger partial charge in [-0.1, -0.05) is 24.3 Å². The summed E-state index contributed by atoms with van der Waals surface area (Å²) in [6.45, 7) is 3.82. The number of rotatable bonds is 3. The highest BCUT2D eigenvalue weighted by Crippen LogP contribution is 2.29. The molecule has 1 N–H and O–H groups in total. The molecule has 2 aromatic carbocycles. The monoisotopic (exact) mass is 307 g/mol. The van der Waals surface area contributed by atoms with E-state index in [1.165, 1.54) is 12.1 Å². The largest absolute Gasteiger partial charge is 0.416 e. The number of nitrogens with one attached hydrogen (secondary N) is 1. The molecule has 0 aliphatic heterocycles. The Labute approximate surface area is 127 Å². The highest BCUT2D eigenvalue weighted by molar-refractivity contribution is 5.92. The second-order valence-electron chi connectivity index (χ2n) is 5.30. The van der Waals surface area contributed by atoms with Gasteiger partial charge in [-0.2, -0.15) is 13.2 Å². The summed E-state index contributed by atoms with van der Waals surface area (Å²) in [4.78, 5) is 12.0. The Bertz CT molecular complexity index is 672. The number of aryl methyl sites for hydroxylation is 2. The minimum absolute atomic E-state index is 0.100. The third-order valence-electron chi connectivity index (χ3n) is 3.12. The maximum absolute atomic E-state index is 12.6. The minimum Gasteiger partial charge on any atom is -0.326 e. The molecule has 0 spiro atoms. The van der Waals surface area contributed by atoms with Crippen molar-refractivity contribution in [2.75, 3.05) is 5.32 Å². The van der Waals surface area contributed by atoms with E-state index in [2.05, 4.69) is 5.32 Å². The van der Waals surface area contributed by atoms with Crippen LogP contribution in [-0.2, 0) is 17.4 Å². The molecular weight excluding hydrogens is 291 g/mol. The van der Waals surface area contributed by atoms with Crippen LogP contribution in [0.1, 0.15) is 22.3 Å². The normalized spacial score (nSPS) is 11.3. The van der Waals surface area contributed by atoms with Gasteiger partial charge in [0, 0.05) is 5.69 Å². The van der Waals surface area contributed by atoms with E-state index in [1.54, 1.807) is 0 Å². The number of carbonyl (C=O) groups is 1. The Kier molecular flexibility index (Phi) is 4.54. The highest BCUT2D eigenvalue weighted by atomic mass is 19.4. The van der Waals surface area contributed by atoms with Gasteiger partial charge < -0.3 is 5.32 Å². The van der Waals surface area contributed by atoms with Crippen molar-refractivity contribution in [3.63, 3.8) is 0 Å². The van der Waals surface area contributed by atoms with Crippen LogP contribution >= 0.6 is 0 Å². The van der Waals surface area contributed by atoms with Crippen molar-refractivity contribution in [1.82, 2.24) is 0 Å². The molecule has 0 fully saturated rings. The standard InChI is InChI=1S/C17H16F3NO/c1-11-6-12(2)8-15(7-11)21-16(22)10-13-4-3-5-14(9-13)17(18,19)20/h3-9H,10H2,1-2H3,(H,21,22). The molecule has 116 valence electrons. The summed E-state index contributed by atoms with van der Waals surface area (Å²) in [6.07, 6.45) is -4.50. The first-order chi connectivity index (χ1) is 10.2. The fraction of sp³-hybridized carbons (Fsp3) is 0.235. The van der Waals surface area contributed by atoms with Crippen molar-refractivity contribution in [3.8, 4) is 0 Å². The predicted molar refractivity (Wildman–Crippen MR) is 79.7 cm³/mol. The summed E-state index contributed by atoms with van der Waals surface area (Å²) in [5.41, 5.74) is 2.25. The van der Waals surface area contributed by atoms with Gasteiger partial charge >= 0.3 is 6.18 Å². The van der Waals surface area contributed by atoms with Gasteiger partial charge in [-0.15, -0.1) is 0 Å². The highest BCUT2D eigenvalue weighted by Gasteiger charge is 2.30. The molecule has 5 heteroatoms. The van der Waals surface area contributed by atoms with Gasteiger partial charge in [0.2, 0.25) is 5.91 Å². The summed E-state index contributed by atoms with van der Waals surface area (Å²) in [6, 6.07) is 10.4. The molecular formula is C17H16F3NO. The summed E-state index contributed by atoms with van der Waals surface area (Å²) in [7, 11) is 0. The average molecular weight is 307 g/mol. The zero-order chi connectivity index (χ0) is 16.3. The molecule has 0 aliphatic carbocycles. The Hall–Kier alpha value is -2.30. The first kappa shape index (κ1) is 16.1. The van der Waals surface area contributed by atoms with Gasteiger partial charge in [0.1, 0.15) is 0 Å². The summed E-state index contributed by atoms with van der Waals surface area (Å²) in [5, 5.41) is 2.71. The van der Waals surface area contributed by atoms with Crippen LogP contribution in [0.15, 0.2) is 42.5 Å². The zero-order valence-corrected chi connectivity index (χ0v) is 12.3. The second-order valence-corrected chi connectivity index (χ2v) is 5.30. The van der Waals surface area contributed by atoms with Crippen molar-refractivity contribution < 1.29 is 18.0 Å². The number of hydrogen-bond donors (Lipinski definition) is 1. The Morgan fingerprint density at radius 3 is 2.27 bits per heavy atom. The number of amides is 1. The molecule has 0 radical (unpaired) electrons. The maximum atomic E-state index is 12.6. The smallest absolute Gasteiger partial charge is 0.326 e. The van der Waals surface area contributed by atoms with Crippen LogP contribution in [0.2, 0.25) is 0 Å². The lowest BCUT2D eigenvalue weighted by Crippen LogP contribution is -2.15. The fourth-order valence-electron chi connectivity index (χ4n) is 2.30. The van der Waals surface area contributed by atoms with Crippen LogP contribution in [0.25, 0.3) is 0 Å². The molecule has 0 aliphatic rings. The van der Waals surface area contributed by atoms with Crippen LogP contribution in [0.5, 0.6) is 0 Å². The van der Waals surface area contributed by atoms with Crippen LogP contribution in [0.4, 0.5) is 18.9 Å². The molecule has 0 unspecified atom stereocenters. The number of hydrogen-bond acceptors (Lipinski definition) is 1. The van der Waals surface area contributed by atoms with Crippen LogP contribution in [0.3, 0.4) is 0 Å². The van der Waals surface area contributed by atoms with Gasteiger partial charge in [0.15, 0.2) is 0 Å². The molecule has 2 aromatic rings. The lowest BCUT2D eigenvalue weighted by Gasteiger charge is -2.10. The van der Waals surface area contributed by atoms with Gasteiger partial charge in [-0.05, 0) is 48.7 Å². The third-order valence-corrected chi connectivity index (χ3v) is 3.12. The van der Waals surface area contributed by atoms with E-state index in [9.17, 15) is 18.0 Å². The van der Waals surface area contributed by atoms with E-state index in [0.29, 0.717) is 11.3 Å². The van der Waals surface area contributed by atoms with Crippen molar-refractivity contribution in [1.29, 1.82) is 0 Å². The fourth-order valence-corrected chi connectivity index (χ4v) is 2.30. The number of anilines is 1. The summed E-state index contributed by atoms with van der Waals surface area (Å²) >= 11 is 0. The predicted octanol–water partition coefficient (Wildman–Crippen LogP) is 4.50. The average Bonchev–Trinajstić information content (AvgIpc) is 2.36. The Balaban J connectivity index is 2.09. The van der Waals surface area contributed by atoms with Crippen molar-refractivity contribution in [2.45, 2.75) is 26.4 Å². The molecule has 0 saturated carbocycles. The molecule has 22 heavy (non-hydrogen) atoms. The lowest BCUT2D eigenvalue weighted by molar-refractivity contribution is -0.137. The van der Waals surface area contributed by atoms with E-state index < -0.39 is 11.7 Å². The summed E-state index contributed by atoms with van der Waals surface area (Å²) in [5.74, 6) is -0.343. The van der Waals surface area contributed by atoms with Gasteiger partial charge in [-0.25, -0.2) is 0 Å². The van der Waals surface area contributed by atoms with Gasteiger partial charge in [-0.3, -0.25) is 4.79 Å². The Morgan fingerprint density at radius 2 is 1.68 bits per heavy atom. The van der Waals surface area contributed by atoms with Crippen LogP contribution in [0, 0.1) is 13.8 Å². The topological polar surface area (TPSA) is 29.1 Å². The van der Waals surface area contributed by atoms with Crippen molar-refractivity contribution in [2.24, 2.45) is 0 Å². The van der Waals surface area contributed by atoms with E-state index in [-0.39, 0.29) is 12.3 Å². The molecule has 0 heterocycles.